The van der Waals surface area contributed by atoms with Crippen molar-refractivity contribution < 1.29 is 4.79 Å². The Bertz CT molecular complexity index is 695. The Morgan fingerprint density at radius 1 is 1.17 bits per heavy atom. The van der Waals surface area contributed by atoms with Crippen molar-refractivity contribution in [1.82, 2.24) is 15.6 Å². The molecule has 0 aliphatic heterocycles. The Labute approximate surface area is 142 Å². The molecule has 0 radical (unpaired) electrons. The van der Waals surface area contributed by atoms with Crippen molar-refractivity contribution in [3.63, 3.8) is 0 Å². The van der Waals surface area contributed by atoms with E-state index in [1.165, 1.54) is 31.4 Å². The quantitative estimate of drug-likeness (QED) is 0.824. The first-order valence-corrected chi connectivity index (χ1v) is 8.80. The first-order valence-electron chi connectivity index (χ1n) is 8.80. The molecule has 2 aliphatic carbocycles. The van der Waals surface area contributed by atoms with Crippen LogP contribution in [0.2, 0.25) is 0 Å². The number of nitrogens with zero attached hydrogens (tertiary/aromatic N) is 1. The van der Waals surface area contributed by atoms with Gasteiger partial charge in [0.2, 0.25) is 0 Å². The van der Waals surface area contributed by atoms with Crippen molar-refractivity contribution in [2.75, 3.05) is 6.54 Å². The number of aromatic nitrogens is 1. The predicted molar refractivity (Wildman–Crippen MR) is 93.7 cm³/mol. The maximum Gasteiger partial charge on any atom is 0.251 e. The lowest BCUT2D eigenvalue weighted by Crippen LogP contribution is -2.22. The smallest absolute Gasteiger partial charge is 0.251 e. The molecule has 1 heterocycles. The summed E-state index contributed by atoms with van der Waals surface area (Å²) >= 11 is 0. The molecule has 124 valence electrons. The number of pyridine rings is 1. The number of carbonyl (C=O) groups is 1. The summed E-state index contributed by atoms with van der Waals surface area (Å²) in [5.41, 5.74) is 3.06. The van der Waals surface area contributed by atoms with E-state index in [-0.39, 0.29) is 5.91 Å². The highest BCUT2D eigenvalue weighted by Crippen LogP contribution is 2.41. The van der Waals surface area contributed by atoms with Crippen molar-refractivity contribution in [1.29, 1.82) is 0 Å². The third-order valence-electron chi connectivity index (χ3n) is 4.93. The Hall–Kier alpha value is -2.20. The first kappa shape index (κ1) is 15.3. The summed E-state index contributed by atoms with van der Waals surface area (Å²) in [6.45, 7) is 1.68. The summed E-state index contributed by atoms with van der Waals surface area (Å²) in [7, 11) is 0. The molecule has 4 nitrogen and oxygen atoms in total. The number of carbonyl (C=O) groups excluding carboxylic acids is 1. The van der Waals surface area contributed by atoms with Crippen molar-refractivity contribution >= 4 is 5.91 Å². The summed E-state index contributed by atoms with van der Waals surface area (Å²) in [5, 5.41) is 6.59. The predicted octanol–water partition coefficient (Wildman–Crippen LogP) is 2.87. The number of benzene rings is 1. The Balaban J connectivity index is 1.28. The lowest BCUT2D eigenvalue weighted by molar-refractivity contribution is 0.0951. The molecule has 4 heteroatoms. The second kappa shape index (κ2) is 6.73. The van der Waals surface area contributed by atoms with E-state index in [1.807, 2.05) is 24.3 Å². The van der Waals surface area contributed by atoms with Gasteiger partial charge >= 0.3 is 0 Å². The zero-order valence-electron chi connectivity index (χ0n) is 13.7. The zero-order chi connectivity index (χ0) is 16.4. The molecular formula is C20H23N3O. The number of nitrogens with one attached hydrogen (secondary N) is 2. The number of hydrogen-bond acceptors (Lipinski definition) is 3. The van der Waals surface area contributed by atoms with E-state index in [0.717, 1.165) is 11.5 Å². The van der Waals surface area contributed by atoms with Gasteiger partial charge in [0.25, 0.3) is 5.91 Å². The maximum atomic E-state index is 12.2. The second-order valence-corrected chi connectivity index (χ2v) is 6.97. The molecule has 1 amide bonds. The normalized spacial score (nSPS) is 22.2. The van der Waals surface area contributed by atoms with Gasteiger partial charge in [-0.2, -0.15) is 0 Å². The summed E-state index contributed by atoms with van der Waals surface area (Å²) in [5.74, 6) is 1.51. The van der Waals surface area contributed by atoms with E-state index in [0.29, 0.717) is 24.1 Å². The number of rotatable bonds is 7. The third-order valence-corrected chi connectivity index (χ3v) is 4.93. The molecule has 2 N–H and O–H groups in total. The van der Waals surface area contributed by atoms with Gasteiger partial charge < -0.3 is 10.6 Å². The maximum absolute atomic E-state index is 12.2. The molecule has 4 rings (SSSR count). The monoisotopic (exact) mass is 321 g/mol. The Morgan fingerprint density at radius 2 is 2.00 bits per heavy atom. The second-order valence-electron chi connectivity index (χ2n) is 6.97. The molecular weight excluding hydrogens is 298 g/mol. The molecule has 1 aromatic heterocycles. The van der Waals surface area contributed by atoms with Crippen molar-refractivity contribution in [3.05, 3.63) is 65.5 Å². The van der Waals surface area contributed by atoms with Crippen LogP contribution >= 0.6 is 0 Å². The fraction of sp³-hybridized carbons (Fsp3) is 0.400. The average molecular weight is 321 g/mol. The highest BCUT2D eigenvalue weighted by molar-refractivity contribution is 5.94. The SMILES string of the molecule is O=C(NCc1cccnc1)c1ccc([C@@H]2C[C@H]2NCC2CC2)cc1. The zero-order valence-corrected chi connectivity index (χ0v) is 13.7. The minimum atomic E-state index is -0.0374. The summed E-state index contributed by atoms with van der Waals surface area (Å²) in [6, 6.07) is 12.5. The molecule has 2 aliphatic rings. The van der Waals surface area contributed by atoms with Crippen LogP contribution in [0.1, 0.15) is 46.7 Å². The third kappa shape index (κ3) is 3.82. The van der Waals surface area contributed by atoms with Gasteiger partial charge in [-0.05, 0) is 61.1 Å². The Morgan fingerprint density at radius 3 is 2.71 bits per heavy atom. The summed E-state index contributed by atoms with van der Waals surface area (Å²) in [4.78, 5) is 16.3. The molecule has 2 aromatic rings. The fourth-order valence-electron chi connectivity index (χ4n) is 3.10. The van der Waals surface area contributed by atoms with Crippen molar-refractivity contribution in [2.45, 2.75) is 37.8 Å². The van der Waals surface area contributed by atoms with Crippen LogP contribution in [0.25, 0.3) is 0 Å². The van der Waals surface area contributed by atoms with E-state index < -0.39 is 0 Å². The van der Waals surface area contributed by atoms with Gasteiger partial charge in [-0.25, -0.2) is 0 Å². The van der Waals surface area contributed by atoms with Gasteiger partial charge in [0, 0.05) is 36.5 Å². The minimum absolute atomic E-state index is 0.0374. The topological polar surface area (TPSA) is 54.0 Å². The van der Waals surface area contributed by atoms with Gasteiger partial charge in [-0.3, -0.25) is 9.78 Å². The summed E-state index contributed by atoms with van der Waals surface area (Å²) < 4.78 is 0. The van der Waals surface area contributed by atoms with Crippen molar-refractivity contribution in [3.8, 4) is 0 Å². The minimum Gasteiger partial charge on any atom is -0.348 e. The molecule has 2 fully saturated rings. The van der Waals surface area contributed by atoms with Crippen LogP contribution in [0.5, 0.6) is 0 Å². The molecule has 0 spiro atoms. The van der Waals surface area contributed by atoms with Crippen LogP contribution < -0.4 is 10.6 Å². The first-order chi connectivity index (χ1) is 11.8. The highest BCUT2D eigenvalue weighted by atomic mass is 16.1. The van der Waals surface area contributed by atoms with E-state index in [9.17, 15) is 4.79 Å². The Kier molecular flexibility index (Phi) is 4.30. The molecule has 24 heavy (non-hydrogen) atoms. The average Bonchev–Trinajstić information content (AvgIpc) is 3.54. The molecule has 0 bridgehead atoms. The van der Waals surface area contributed by atoms with Crippen LogP contribution in [0.15, 0.2) is 48.8 Å². The van der Waals surface area contributed by atoms with E-state index in [4.69, 9.17) is 0 Å². The van der Waals surface area contributed by atoms with Crippen LogP contribution in [-0.2, 0) is 6.54 Å². The molecule has 1 aromatic carbocycles. The standard InChI is InChI=1S/C20H23N3O/c24-20(23-13-15-2-1-9-21-11-15)17-7-5-16(6-8-17)18-10-19(18)22-12-14-3-4-14/h1-2,5-9,11,14,18-19,22H,3-4,10,12-13H2,(H,23,24)/t18-,19+/m0/s1. The van der Waals surface area contributed by atoms with Crippen LogP contribution in [0.3, 0.4) is 0 Å². The van der Waals surface area contributed by atoms with Crippen LogP contribution in [0.4, 0.5) is 0 Å². The largest absolute Gasteiger partial charge is 0.348 e. The van der Waals surface area contributed by atoms with Crippen LogP contribution in [0, 0.1) is 5.92 Å². The van der Waals surface area contributed by atoms with Gasteiger partial charge in [-0.1, -0.05) is 18.2 Å². The summed E-state index contributed by atoms with van der Waals surface area (Å²) in [6.07, 6.45) is 7.51. The lowest BCUT2D eigenvalue weighted by Gasteiger charge is -2.07. The van der Waals surface area contributed by atoms with Gasteiger partial charge in [0.1, 0.15) is 0 Å². The van der Waals surface area contributed by atoms with Gasteiger partial charge in [0.05, 0.1) is 0 Å². The van der Waals surface area contributed by atoms with Crippen molar-refractivity contribution in [2.24, 2.45) is 5.92 Å². The van der Waals surface area contributed by atoms with Gasteiger partial charge in [0.15, 0.2) is 0 Å². The molecule has 2 atom stereocenters. The number of amides is 1. The lowest BCUT2D eigenvalue weighted by atomic mass is 10.1. The molecule has 2 saturated carbocycles. The molecule has 0 saturated heterocycles. The van der Waals surface area contributed by atoms with E-state index in [1.54, 1.807) is 12.4 Å². The van der Waals surface area contributed by atoms with Crippen LogP contribution in [-0.4, -0.2) is 23.5 Å². The fourth-order valence-corrected chi connectivity index (χ4v) is 3.10. The number of hydrogen-bond donors (Lipinski definition) is 2. The highest BCUT2D eigenvalue weighted by Gasteiger charge is 2.38. The van der Waals surface area contributed by atoms with E-state index >= 15 is 0 Å². The molecule has 0 unspecified atom stereocenters. The van der Waals surface area contributed by atoms with E-state index in [2.05, 4.69) is 27.8 Å². The van der Waals surface area contributed by atoms with Gasteiger partial charge in [-0.15, -0.1) is 0 Å².